The van der Waals surface area contributed by atoms with Gasteiger partial charge in [-0.15, -0.1) is 0 Å². The Balaban J connectivity index is 1.35. The molecule has 0 aliphatic carbocycles. The van der Waals surface area contributed by atoms with Gasteiger partial charge in [0.05, 0.1) is 0 Å². The first kappa shape index (κ1) is 27.8. The van der Waals surface area contributed by atoms with Gasteiger partial charge in [0, 0.05) is 23.9 Å². The molecule has 7 rings (SSSR count). The maximum atomic E-state index is 2.78. The number of anilines is 2. The number of hydrogen-bond acceptors (Lipinski definition) is 2. The summed E-state index contributed by atoms with van der Waals surface area (Å²) in [4.78, 5) is 0. The summed E-state index contributed by atoms with van der Waals surface area (Å²) in [5.41, 5.74) is 2.71. The van der Waals surface area contributed by atoms with Crippen molar-refractivity contribution >= 4 is 62.7 Å². The van der Waals surface area contributed by atoms with Gasteiger partial charge in [0.15, 0.2) is 0 Å². The number of rotatable bonds is 9. The van der Waals surface area contributed by atoms with Crippen LogP contribution in [0, 0.1) is 0 Å². The maximum Gasteiger partial charge on any atom is 0.0245 e. The van der Waals surface area contributed by atoms with E-state index in [4.69, 9.17) is 0 Å². The van der Waals surface area contributed by atoms with Crippen LogP contribution in [0.2, 0.25) is 0 Å². The van der Waals surface area contributed by atoms with Gasteiger partial charge in [-0.05, 0) is 49.2 Å². The van der Waals surface area contributed by atoms with Crippen molar-refractivity contribution in [1.29, 1.82) is 0 Å². The quantitative estimate of drug-likeness (QED) is 0.131. The third kappa shape index (κ3) is 5.95. The molecule has 0 amide bonds. The van der Waals surface area contributed by atoms with E-state index in [1.165, 1.54) is 37.8 Å². The minimum Gasteiger partial charge on any atom is -0.501 e. The Kier molecular flexibility index (Phi) is 8.47. The number of hydrogen-bond donors (Lipinski definition) is 0. The Hall–Kier alpha value is -4.00. The van der Waals surface area contributed by atoms with Crippen LogP contribution in [-0.4, -0.2) is 21.7 Å². The molecule has 5 heteroatoms. The Morgan fingerprint density at radius 3 is 0.953 bits per heavy atom. The average Bonchev–Trinajstić information content (AvgIpc) is 3.40. The normalized spacial score (nSPS) is 12.7. The second-order valence-electron chi connectivity index (χ2n) is 10.5. The molecular weight excluding hydrogens is 574 g/mol. The standard InChI is InChI=1S/C38H33N2P2Si/c1-6-18-32(19-7-1)41(33-20-8-2-9-21-33)30-39-37-28-16-17-29-38(37)40(43(39)36-26-14-5-15-27-36)31-42(34-22-10-3-11-23-34)35-24-12-4-13-25-35/h1-29H,30-31H2/q-1. The van der Waals surface area contributed by atoms with E-state index >= 15 is 0 Å². The highest BCUT2D eigenvalue weighted by Crippen LogP contribution is 2.46. The lowest BCUT2D eigenvalue weighted by Crippen LogP contribution is -2.57. The molecule has 0 bridgehead atoms. The van der Waals surface area contributed by atoms with Gasteiger partial charge in [-0.2, -0.15) is 5.19 Å². The van der Waals surface area contributed by atoms with Crippen LogP contribution in [0.5, 0.6) is 0 Å². The summed E-state index contributed by atoms with van der Waals surface area (Å²) in [5.74, 6) is 0. The van der Waals surface area contributed by atoms with E-state index < -0.39 is 25.0 Å². The number of nitrogens with zero attached hydrogens (tertiary/aromatic N) is 2. The minimum absolute atomic E-state index is 0.600. The van der Waals surface area contributed by atoms with Crippen LogP contribution in [0.15, 0.2) is 176 Å². The summed E-state index contributed by atoms with van der Waals surface area (Å²) >= 11 is 0. The summed E-state index contributed by atoms with van der Waals surface area (Å²) in [6.07, 6.45) is 1.96. The molecule has 2 nitrogen and oxygen atoms in total. The summed E-state index contributed by atoms with van der Waals surface area (Å²) < 4.78 is 5.56. The zero-order chi connectivity index (χ0) is 28.8. The molecule has 43 heavy (non-hydrogen) atoms. The van der Waals surface area contributed by atoms with Crippen molar-refractivity contribution in [1.82, 2.24) is 0 Å². The molecule has 1 aliphatic heterocycles. The Bertz CT molecular complexity index is 1550. The second kappa shape index (κ2) is 13.1. The van der Waals surface area contributed by atoms with Crippen LogP contribution in [0.4, 0.5) is 11.4 Å². The first-order valence-electron chi connectivity index (χ1n) is 14.7. The molecule has 210 valence electrons. The largest absolute Gasteiger partial charge is 0.501 e. The van der Waals surface area contributed by atoms with Crippen LogP contribution in [-0.2, 0) is 0 Å². The lowest BCUT2D eigenvalue weighted by Gasteiger charge is -2.49. The smallest absolute Gasteiger partial charge is 0.0245 e. The van der Waals surface area contributed by atoms with E-state index in [9.17, 15) is 0 Å². The molecule has 0 spiro atoms. The molecule has 6 aromatic carbocycles. The second-order valence-corrected chi connectivity index (χ2v) is 17.2. The lowest BCUT2D eigenvalue weighted by molar-refractivity contribution is 1.24. The Morgan fingerprint density at radius 2 is 0.628 bits per heavy atom. The average molecular weight is 608 g/mol. The first-order valence-corrected chi connectivity index (χ1v) is 19.1. The molecule has 1 heterocycles. The SMILES string of the molecule is c1ccc([Si-]2N(CP(c3ccccc3)c3ccccc3)c3ccccc3N2CP(c2ccccc2)c2ccccc2)cc1. The van der Waals surface area contributed by atoms with Crippen LogP contribution < -0.4 is 35.5 Å². The van der Waals surface area contributed by atoms with E-state index in [-0.39, 0.29) is 0 Å². The van der Waals surface area contributed by atoms with E-state index in [1.54, 1.807) is 0 Å². The lowest BCUT2D eigenvalue weighted by atomic mass is 10.2. The third-order valence-electron chi connectivity index (χ3n) is 7.84. The third-order valence-corrected chi connectivity index (χ3v) is 15.9. The molecule has 0 unspecified atom stereocenters. The van der Waals surface area contributed by atoms with Crippen LogP contribution >= 0.6 is 15.8 Å². The summed E-state index contributed by atoms with van der Waals surface area (Å²) in [7, 11) is -2.54. The Morgan fingerprint density at radius 1 is 0.349 bits per heavy atom. The van der Waals surface area contributed by atoms with Gasteiger partial charge < -0.3 is 9.13 Å². The molecule has 1 aliphatic rings. The van der Waals surface area contributed by atoms with Gasteiger partial charge in [-0.25, -0.2) is 0 Å². The van der Waals surface area contributed by atoms with Crippen molar-refractivity contribution < 1.29 is 0 Å². The highest BCUT2D eigenvalue weighted by molar-refractivity contribution is 7.73. The van der Waals surface area contributed by atoms with Gasteiger partial charge >= 0.3 is 0 Å². The molecule has 0 saturated heterocycles. The van der Waals surface area contributed by atoms with Crippen LogP contribution in [0.1, 0.15) is 0 Å². The molecular formula is C38H33N2P2Si-. The topological polar surface area (TPSA) is 6.48 Å². The highest BCUT2D eigenvalue weighted by Gasteiger charge is 2.30. The fourth-order valence-electron chi connectivity index (χ4n) is 5.82. The number of para-hydroxylation sites is 2. The van der Waals surface area contributed by atoms with Gasteiger partial charge in [0.2, 0.25) is 0 Å². The van der Waals surface area contributed by atoms with Crippen molar-refractivity contribution in [3.05, 3.63) is 176 Å². The summed E-state index contributed by atoms with van der Waals surface area (Å²) in [6, 6.07) is 64.9. The van der Waals surface area contributed by atoms with Gasteiger partial charge in [-0.1, -0.05) is 173 Å². The number of fused-ring (bicyclic) bond motifs is 1. The maximum absolute atomic E-state index is 2.78. The molecule has 0 fully saturated rings. The molecule has 6 aromatic rings. The number of benzene rings is 6. The van der Waals surface area contributed by atoms with Gasteiger partial charge in [0.1, 0.15) is 0 Å². The Labute approximate surface area is 259 Å². The summed E-state index contributed by atoms with van der Waals surface area (Å²) in [5, 5.41) is 7.11. The van der Waals surface area contributed by atoms with Gasteiger partial charge in [-0.3, -0.25) is 0 Å². The van der Waals surface area contributed by atoms with E-state index in [1.807, 2.05) is 0 Å². The highest BCUT2D eigenvalue weighted by atomic mass is 31.1. The first-order chi connectivity index (χ1) is 21.4. The molecule has 0 saturated carbocycles. The molecule has 0 aromatic heterocycles. The molecule has 0 atom stereocenters. The zero-order valence-corrected chi connectivity index (χ0v) is 26.7. The predicted molar refractivity (Wildman–Crippen MR) is 191 cm³/mol. The van der Waals surface area contributed by atoms with E-state index in [2.05, 4.69) is 185 Å². The zero-order valence-electron chi connectivity index (χ0n) is 23.9. The van der Waals surface area contributed by atoms with Crippen LogP contribution in [0.3, 0.4) is 0 Å². The van der Waals surface area contributed by atoms with Crippen molar-refractivity contribution in [2.24, 2.45) is 0 Å². The van der Waals surface area contributed by atoms with Crippen molar-refractivity contribution in [3.8, 4) is 0 Å². The fraction of sp³-hybridized carbons (Fsp3) is 0.0526. The van der Waals surface area contributed by atoms with E-state index in [0.717, 1.165) is 12.6 Å². The van der Waals surface area contributed by atoms with Crippen LogP contribution in [0.25, 0.3) is 0 Å². The molecule has 0 radical (unpaired) electrons. The monoisotopic (exact) mass is 607 g/mol. The van der Waals surface area contributed by atoms with E-state index in [0.29, 0.717) is 0 Å². The van der Waals surface area contributed by atoms with Gasteiger partial charge in [0.25, 0.3) is 0 Å². The minimum atomic E-state index is -1.34. The van der Waals surface area contributed by atoms with Crippen molar-refractivity contribution in [2.45, 2.75) is 0 Å². The fourth-order valence-corrected chi connectivity index (χ4v) is 14.2. The molecule has 0 N–H and O–H groups in total. The predicted octanol–water partition coefficient (Wildman–Crippen LogP) is 6.89. The van der Waals surface area contributed by atoms with Crippen molar-refractivity contribution in [2.75, 3.05) is 21.7 Å². The van der Waals surface area contributed by atoms with Crippen molar-refractivity contribution in [3.63, 3.8) is 0 Å². The summed E-state index contributed by atoms with van der Waals surface area (Å²) in [6.45, 7) is 0.